The number of rotatable bonds is 2. The van der Waals surface area contributed by atoms with Gasteiger partial charge in [0.2, 0.25) is 0 Å². The zero-order valence-corrected chi connectivity index (χ0v) is 11.2. The molecule has 0 spiro atoms. The molecule has 88 valence electrons. The first-order valence-corrected chi connectivity index (χ1v) is 6.69. The molecule has 16 heavy (non-hydrogen) atoms. The van der Waals surface area contributed by atoms with Crippen molar-refractivity contribution >= 4 is 15.9 Å². The van der Waals surface area contributed by atoms with Crippen molar-refractivity contribution < 1.29 is 4.74 Å². The van der Waals surface area contributed by atoms with Gasteiger partial charge in [0.25, 0.3) is 0 Å². The summed E-state index contributed by atoms with van der Waals surface area (Å²) in [4.78, 5) is 0. The van der Waals surface area contributed by atoms with Crippen molar-refractivity contribution in [3.8, 4) is 0 Å². The first-order valence-electron chi connectivity index (χ1n) is 5.90. The molecule has 2 nitrogen and oxygen atoms in total. The van der Waals surface area contributed by atoms with Gasteiger partial charge in [-0.25, -0.2) is 0 Å². The molecule has 0 amide bonds. The molecule has 0 radical (unpaired) electrons. The summed E-state index contributed by atoms with van der Waals surface area (Å²) in [6.45, 7) is 3.99. The summed E-state index contributed by atoms with van der Waals surface area (Å²) in [6.07, 6.45) is 2.49. The fraction of sp³-hybridized carbons (Fsp3) is 0.538. The van der Waals surface area contributed by atoms with E-state index in [-0.39, 0.29) is 6.10 Å². The standard InChI is InChI=1S/C13H18BrNO/c1-2-12-7-8-16-13(9-15-12)10-3-5-11(14)6-4-10/h3-6,12-13,15H,2,7-9H2,1H3. The number of hydrogen-bond acceptors (Lipinski definition) is 2. The fourth-order valence-corrected chi connectivity index (χ4v) is 2.29. The van der Waals surface area contributed by atoms with E-state index >= 15 is 0 Å². The van der Waals surface area contributed by atoms with Crippen LogP contribution in [0.1, 0.15) is 31.4 Å². The first kappa shape index (κ1) is 12.1. The average Bonchev–Trinajstić information content (AvgIpc) is 2.55. The van der Waals surface area contributed by atoms with Crippen molar-refractivity contribution in [3.05, 3.63) is 34.3 Å². The Morgan fingerprint density at radius 1 is 1.38 bits per heavy atom. The van der Waals surface area contributed by atoms with Crippen molar-refractivity contribution in [1.82, 2.24) is 5.32 Å². The lowest BCUT2D eigenvalue weighted by molar-refractivity contribution is 0.0663. The van der Waals surface area contributed by atoms with Crippen LogP contribution in [0.2, 0.25) is 0 Å². The van der Waals surface area contributed by atoms with Crippen LogP contribution in [0.3, 0.4) is 0 Å². The number of halogens is 1. The van der Waals surface area contributed by atoms with Crippen molar-refractivity contribution in [2.45, 2.75) is 31.9 Å². The van der Waals surface area contributed by atoms with Crippen molar-refractivity contribution in [1.29, 1.82) is 0 Å². The molecule has 1 N–H and O–H groups in total. The summed E-state index contributed by atoms with van der Waals surface area (Å²) >= 11 is 3.45. The van der Waals surface area contributed by atoms with E-state index in [4.69, 9.17) is 4.74 Å². The van der Waals surface area contributed by atoms with Gasteiger partial charge in [-0.1, -0.05) is 35.0 Å². The summed E-state index contributed by atoms with van der Waals surface area (Å²) in [6, 6.07) is 9.01. The fourth-order valence-electron chi connectivity index (χ4n) is 2.03. The minimum atomic E-state index is 0.199. The van der Waals surface area contributed by atoms with E-state index in [1.54, 1.807) is 0 Å². The summed E-state index contributed by atoms with van der Waals surface area (Å²) in [7, 11) is 0. The van der Waals surface area contributed by atoms with Gasteiger partial charge in [-0.2, -0.15) is 0 Å². The lowest BCUT2D eigenvalue weighted by Crippen LogP contribution is -2.29. The van der Waals surface area contributed by atoms with Gasteiger partial charge in [-0.15, -0.1) is 0 Å². The highest BCUT2D eigenvalue weighted by molar-refractivity contribution is 9.10. The molecule has 3 heteroatoms. The van der Waals surface area contributed by atoms with E-state index in [0.29, 0.717) is 6.04 Å². The molecule has 1 fully saturated rings. The molecule has 1 saturated heterocycles. The molecule has 0 bridgehead atoms. The van der Waals surface area contributed by atoms with Gasteiger partial charge >= 0.3 is 0 Å². The number of nitrogens with one attached hydrogen (secondary N) is 1. The van der Waals surface area contributed by atoms with Crippen LogP contribution in [0, 0.1) is 0 Å². The van der Waals surface area contributed by atoms with Crippen LogP contribution < -0.4 is 5.32 Å². The van der Waals surface area contributed by atoms with Crippen LogP contribution in [0.15, 0.2) is 28.7 Å². The molecule has 0 saturated carbocycles. The number of benzene rings is 1. The maximum Gasteiger partial charge on any atom is 0.0949 e. The van der Waals surface area contributed by atoms with Crippen LogP contribution in [0.4, 0.5) is 0 Å². The third-order valence-electron chi connectivity index (χ3n) is 3.11. The molecule has 1 aromatic carbocycles. The Balaban J connectivity index is 2.02. The largest absolute Gasteiger partial charge is 0.372 e. The Bertz CT molecular complexity index is 325. The monoisotopic (exact) mass is 283 g/mol. The molecule has 1 aliphatic heterocycles. The van der Waals surface area contributed by atoms with Crippen LogP contribution >= 0.6 is 15.9 Å². The minimum absolute atomic E-state index is 0.199. The van der Waals surface area contributed by atoms with Crippen molar-refractivity contribution in [2.75, 3.05) is 13.2 Å². The Morgan fingerprint density at radius 3 is 2.81 bits per heavy atom. The highest BCUT2D eigenvalue weighted by Gasteiger charge is 2.18. The van der Waals surface area contributed by atoms with Crippen molar-refractivity contribution in [3.63, 3.8) is 0 Å². The minimum Gasteiger partial charge on any atom is -0.372 e. The second kappa shape index (κ2) is 5.80. The van der Waals surface area contributed by atoms with E-state index in [0.717, 1.165) is 24.0 Å². The summed E-state index contributed by atoms with van der Waals surface area (Å²) in [5.74, 6) is 0. The van der Waals surface area contributed by atoms with Crippen LogP contribution in [-0.2, 0) is 4.74 Å². The quantitative estimate of drug-likeness (QED) is 0.900. The van der Waals surface area contributed by atoms with E-state index in [9.17, 15) is 0 Å². The third-order valence-corrected chi connectivity index (χ3v) is 3.64. The SMILES string of the molecule is CCC1CCOC(c2ccc(Br)cc2)CN1. The zero-order chi connectivity index (χ0) is 11.4. The average molecular weight is 284 g/mol. The van der Waals surface area contributed by atoms with Gasteiger partial charge in [0.1, 0.15) is 0 Å². The Labute approximate surface area is 106 Å². The number of ether oxygens (including phenoxy) is 1. The molecule has 2 atom stereocenters. The van der Waals surface area contributed by atoms with E-state index in [1.807, 2.05) is 0 Å². The second-order valence-electron chi connectivity index (χ2n) is 4.21. The van der Waals surface area contributed by atoms with E-state index < -0.39 is 0 Å². The van der Waals surface area contributed by atoms with E-state index in [1.165, 1.54) is 12.0 Å². The normalized spacial score (nSPS) is 26.4. The highest BCUT2D eigenvalue weighted by Crippen LogP contribution is 2.22. The van der Waals surface area contributed by atoms with Crippen molar-refractivity contribution in [2.24, 2.45) is 0 Å². The Kier molecular flexibility index (Phi) is 4.38. The summed E-state index contributed by atoms with van der Waals surface area (Å²) < 4.78 is 7.00. The smallest absolute Gasteiger partial charge is 0.0949 e. The van der Waals surface area contributed by atoms with Gasteiger partial charge < -0.3 is 10.1 Å². The van der Waals surface area contributed by atoms with Gasteiger partial charge in [0, 0.05) is 23.7 Å². The molecule has 1 heterocycles. The molecule has 0 aromatic heterocycles. The maximum absolute atomic E-state index is 5.88. The summed E-state index contributed by atoms with van der Waals surface area (Å²) in [5.41, 5.74) is 1.26. The number of hydrogen-bond donors (Lipinski definition) is 1. The molecular formula is C13H18BrNO. The van der Waals surface area contributed by atoms with Crippen LogP contribution in [-0.4, -0.2) is 19.2 Å². The van der Waals surface area contributed by atoms with Gasteiger partial charge in [-0.05, 0) is 30.5 Å². The highest BCUT2D eigenvalue weighted by atomic mass is 79.9. The van der Waals surface area contributed by atoms with Gasteiger partial charge in [0.05, 0.1) is 6.10 Å². The molecule has 1 aliphatic rings. The molecular weight excluding hydrogens is 266 g/mol. The van der Waals surface area contributed by atoms with E-state index in [2.05, 4.69) is 52.4 Å². The molecule has 0 aliphatic carbocycles. The predicted octanol–water partition coefficient (Wildman–Crippen LogP) is 3.28. The van der Waals surface area contributed by atoms with Gasteiger partial charge in [-0.3, -0.25) is 0 Å². The first-order chi connectivity index (χ1) is 7.79. The Hall–Kier alpha value is -0.380. The van der Waals surface area contributed by atoms with Gasteiger partial charge in [0.15, 0.2) is 0 Å². The molecule has 2 unspecified atom stereocenters. The van der Waals surface area contributed by atoms with Crippen LogP contribution in [0.5, 0.6) is 0 Å². The molecule has 2 rings (SSSR count). The zero-order valence-electron chi connectivity index (χ0n) is 9.58. The lowest BCUT2D eigenvalue weighted by atomic mass is 10.1. The summed E-state index contributed by atoms with van der Waals surface area (Å²) in [5, 5.41) is 3.56. The lowest BCUT2D eigenvalue weighted by Gasteiger charge is -2.16. The second-order valence-corrected chi connectivity index (χ2v) is 5.13. The third kappa shape index (κ3) is 3.06. The predicted molar refractivity (Wildman–Crippen MR) is 69.5 cm³/mol. The maximum atomic E-state index is 5.88. The topological polar surface area (TPSA) is 21.3 Å². The molecule has 1 aromatic rings. The van der Waals surface area contributed by atoms with Crippen LogP contribution in [0.25, 0.3) is 0 Å². The Morgan fingerprint density at radius 2 is 2.12 bits per heavy atom.